The lowest BCUT2D eigenvalue weighted by atomic mass is 9.93. The highest BCUT2D eigenvalue weighted by molar-refractivity contribution is 5.66. The predicted octanol–water partition coefficient (Wildman–Crippen LogP) is 1.16. The van der Waals surface area contributed by atoms with Crippen LogP contribution >= 0.6 is 0 Å². The van der Waals surface area contributed by atoms with Crippen molar-refractivity contribution in [2.75, 3.05) is 6.61 Å². The lowest BCUT2D eigenvalue weighted by molar-refractivity contribution is 0.146. The zero-order valence-corrected chi connectivity index (χ0v) is 7.90. The van der Waals surface area contributed by atoms with Gasteiger partial charge in [-0.05, 0) is 12.5 Å². The summed E-state index contributed by atoms with van der Waals surface area (Å²) >= 11 is 0. The lowest BCUT2D eigenvalue weighted by Gasteiger charge is -2.27. The first-order valence-electron chi connectivity index (χ1n) is 4.26. The summed E-state index contributed by atoms with van der Waals surface area (Å²) in [6.45, 7) is 1.36. The summed E-state index contributed by atoms with van der Waals surface area (Å²) in [4.78, 5) is 10.5. The molecule has 1 aromatic carbocycles. The standard InChI is InChI=1S/C10H13NO3/c1-10(7-12,11-9(13)14)8-5-3-2-4-6-8/h2-6,11-12H,7H2,1H3,(H,13,14). The Morgan fingerprint density at radius 2 is 2.00 bits per heavy atom. The summed E-state index contributed by atoms with van der Waals surface area (Å²) in [5.74, 6) is 0. The second kappa shape index (κ2) is 4.11. The van der Waals surface area contributed by atoms with Gasteiger partial charge in [0, 0.05) is 0 Å². The first-order valence-corrected chi connectivity index (χ1v) is 4.26. The third kappa shape index (κ3) is 2.23. The van der Waals surface area contributed by atoms with E-state index in [-0.39, 0.29) is 6.61 Å². The van der Waals surface area contributed by atoms with Gasteiger partial charge in [-0.3, -0.25) is 0 Å². The number of aliphatic hydroxyl groups is 1. The van der Waals surface area contributed by atoms with E-state index >= 15 is 0 Å². The van der Waals surface area contributed by atoms with Crippen LogP contribution in [0, 0.1) is 0 Å². The van der Waals surface area contributed by atoms with Crippen LogP contribution in [0.15, 0.2) is 30.3 Å². The van der Waals surface area contributed by atoms with Crippen LogP contribution in [0.3, 0.4) is 0 Å². The topological polar surface area (TPSA) is 69.6 Å². The quantitative estimate of drug-likeness (QED) is 0.677. The molecule has 1 amide bonds. The maximum absolute atomic E-state index is 10.5. The van der Waals surface area contributed by atoms with Gasteiger partial charge < -0.3 is 15.5 Å². The summed E-state index contributed by atoms with van der Waals surface area (Å²) in [6.07, 6.45) is -1.15. The van der Waals surface area contributed by atoms with Crippen molar-refractivity contribution >= 4 is 6.09 Å². The minimum atomic E-state index is -1.15. The Kier molecular flexibility index (Phi) is 3.09. The average molecular weight is 195 g/mol. The van der Waals surface area contributed by atoms with Gasteiger partial charge in [0.05, 0.1) is 12.1 Å². The molecule has 0 saturated heterocycles. The van der Waals surface area contributed by atoms with E-state index in [4.69, 9.17) is 10.2 Å². The Hall–Kier alpha value is -1.55. The van der Waals surface area contributed by atoms with Crippen LogP contribution in [0.5, 0.6) is 0 Å². The zero-order chi connectivity index (χ0) is 10.6. The smallest absolute Gasteiger partial charge is 0.405 e. The van der Waals surface area contributed by atoms with Gasteiger partial charge >= 0.3 is 6.09 Å². The van der Waals surface area contributed by atoms with Crippen molar-refractivity contribution in [3.05, 3.63) is 35.9 Å². The summed E-state index contributed by atoms with van der Waals surface area (Å²) < 4.78 is 0. The molecular formula is C10H13NO3. The van der Waals surface area contributed by atoms with Gasteiger partial charge in [0.1, 0.15) is 0 Å². The lowest BCUT2D eigenvalue weighted by Crippen LogP contribution is -2.45. The van der Waals surface area contributed by atoms with Crippen LogP contribution in [-0.2, 0) is 5.54 Å². The van der Waals surface area contributed by atoms with Crippen LogP contribution in [0.2, 0.25) is 0 Å². The molecule has 0 spiro atoms. The van der Waals surface area contributed by atoms with E-state index < -0.39 is 11.6 Å². The van der Waals surface area contributed by atoms with Crippen LogP contribution in [0.1, 0.15) is 12.5 Å². The van der Waals surface area contributed by atoms with Crippen LogP contribution < -0.4 is 5.32 Å². The Morgan fingerprint density at radius 1 is 1.43 bits per heavy atom. The molecule has 3 N–H and O–H groups in total. The van der Waals surface area contributed by atoms with Crippen molar-refractivity contribution in [2.45, 2.75) is 12.5 Å². The Labute approximate surface area is 82.2 Å². The van der Waals surface area contributed by atoms with Crippen LogP contribution in [-0.4, -0.2) is 22.9 Å². The van der Waals surface area contributed by atoms with E-state index in [9.17, 15) is 4.79 Å². The van der Waals surface area contributed by atoms with Crippen molar-refractivity contribution in [1.29, 1.82) is 0 Å². The number of benzene rings is 1. The number of hydrogen-bond acceptors (Lipinski definition) is 2. The minimum absolute atomic E-state index is 0.274. The molecule has 0 heterocycles. The number of nitrogens with one attached hydrogen (secondary N) is 1. The van der Waals surface area contributed by atoms with Gasteiger partial charge in [0.2, 0.25) is 0 Å². The molecule has 0 radical (unpaired) electrons. The summed E-state index contributed by atoms with van der Waals surface area (Å²) in [5.41, 5.74) is -0.197. The van der Waals surface area contributed by atoms with E-state index in [1.165, 1.54) is 0 Å². The number of carbonyl (C=O) groups is 1. The fourth-order valence-corrected chi connectivity index (χ4v) is 1.25. The fraction of sp³-hybridized carbons (Fsp3) is 0.300. The zero-order valence-electron chi connectivity index (χ0n) is 7.90. The Balaban J connectivity index is 2.95. The highest BCUT2D eigenvalue weighted by Crippen LogP contribution is 2.19. The second-order valence-corrected chi connectivity index (χ2v) is 3.29. The molecule has 0 fully saturated rings. The number of aliphatic hydroxyl groups excluding tert-OH is 1. The van der Waals surface area contributed by atoms with Gasteiger partial charge in [0.15, 0.2) is 0 Å². The van der Waals surface area contributed by atoms with Crippen molar-refractivity contribution in [3.8, 4) is 0 Å². The molecule has 0 aliphatic carbocycles. The average Bonchev–Trinajstić information content (AvgIpc) is 2.18. The molecule has 0 aliphatic rings. The predicted molar refractivity (Wildman–Crippen MR) is 52.0 cm³/mol. The molecule has 76 valence electrons. The number of hydrogen-bond donors (Lipinski definition) is 3. The third-order valence-corrected chi connectivity index (χ3v) is 2.11. The summed E-state index contributed by atoms with van der Waals surface area (Å²) in [7, 11) is 0. The Morgan fingerprint density at radius 3 is 2.43 bits per heavy atom. The van der Waals surface area contributed by atoms with Crippen molar-refractivity contribution in [1.82, 2.24) is 5.32 Å². The third-order valence-electron chi connectivity index (χ3n) is 2.11. The molecule has 14 heavy (non-hydrogen) atoms. The SMILES string of the molecule is CC(CO)(NC(=O)O)c1ccccc1. The molecule has 1 atom stereocenters. The van der Waals surface area contributed by atoms with E-state index in [1.54, 1.807) is 31.2 Å². The normalized spacial score (nSPS) is 14.4. The number of amides is 1. The van der Waals surface area contributed by atoms with Crippen LogP contribution in [0.4, 0.5) is 4.79 Å². The summed E-state index contributed by atoms with van der Waals surface area (Å²) in [6, 6.07) is 8.97. The van der Waals surface area contributed by atoms with Crippen molar-refractivity contribution in [2.24, 2.45) is 0 Å². The largest absolute Gasteiger partial charge is 0.465 e. The first kappa shape index (κ1) is 10.5. The molecular weight excluding hydrogens is 182 g/mol. The number of carboxylic acid groups (broad SMARTS) is 1. The second-order valence-electron chi connectivity index (χ2n) is 3.29. The van der Waals surface area contributed by atoms with E-state index in [0.717, 1.165) is 5.56 Å². The highest BCUT2D eigenvalue weighted by Gasteiger charge is 2.27. The molecule has 0 saturated carbocycles. The summed E-state index contributed by atoms with van der Waals surface area (Å²) in [5, 5.41) is 20.1. The first-order chi connectivity index (χ1) is 6.58. The van der Waals surface area contributed by atoms with Gasteiger partial charge in [-0.1, -0.05) is 30.3 Å². The molecule has 4 nitrogen and oxygen atoms in total. The van der Waals surface area contributed by atoms with Crippen molar-refractivity contribution in [3.63, 3.8) is 0 Å². The number of rotatable bonds is 3. The molecule has 0 aromatic heterocycles. The van der Waals surface area contributed by atoms with Gasteiger partial charge in [0.25, 0.3) is 0 Å². The molecule has 0 aliphatic heterocycles. The highest BCUT2D eigenvalue weighted by atomic mass is 16.4. The maximum atomic E-state index is 10.5. The molecule has 1 rings (SSSR count). The monoisotopic (exact) mass is 195 g/mol. The van der Waals surface area contributed by atoms with E-state index in [1.807, 2.05) is 6.07 Å². The molecule has 4 heteroatoms. The molecule has 1 aromatic rings. The van der Waals surface area contributed by atoms with Crippen molar-refractivity contribution < 1.29 is 15.0 Å². The van der Waals surface area contributed by atoms with E-state index in [2.05, 4.69) is 5.32 Å². The Bertz CT molecular complexity index is 312. The minimum Gasteiger partial charge on any atom is -0.465 e. The fourth-order valence-electron chi connectivity index (χ4n) is 1.25. The van der Waals surface area contributed by atoms with Gasteiger partial charge in [-0.2, -0.15) is 0 Å². The van der Waals surface area contributed by atoms with Gasteiger partial charge in [-0.25, -0.2) is 4.79 Å². The molecule has 0 bridgehead atoms. The van der Waals surface area contributed by atoms with Crippen LogP contribution in [0.25, 0.3) is 0 Å². The van der Waals surface area contributed by atoms with E-state index in [0.29, 0.717) is 0 Å². The maximum Gasteiger partial charge on any atom is 0.405 e. The molecule has 1 unspecified atom stereocenters. The van der Waals surface area contributed by atoms with Gasteiger partial charge in [-0.15, -0.1) is 0 Å².